The standard InChI is InChI=1S/C18H19N5O/c1-11-7-12(2)23-17(21-11)16(10-20-23)18(24)22-15-4-3-14-9-19-6-5-13(14)8-15/h3-4,7-8,10,19H,5-6,9H2,1-2H3,(H,22,24). The van der Waals surface area contributed by atoms with Crippen molar-refractivity contribution in [3.8, 4) is 0 Å². The molecule has 3 aromatic rings. The number of hydrogen-bond acceptors (Lipinski definition) is 4. The SMILES string of the molecule is Cc1cc(C)n2ncc(C(=O)Nc3ccc4c(c3)CCNC4)c2n1. The number of aryl methyl sites for hydroxylation is 2. The van der Waals surface area contributed by atoms with Crippen LogP contribution in [0.4, 0.5) is 5.69 Å². The Morgan fingerprint density at radius 2 is 2.12 bits per heavy atom. The Balaban J connectivity index is 1.65. The zero-order valence-electron chi connectivity index (χ0n) is 13.8. The molecule has 1 aliphatic rings. The molecule has 122 valence electrons. The molecule has 0 fully saturated rings. The highest BCUT2D eigenvalue weighted by Gasteiger charge is 2.16. The van der Waals surface area contributed by atoms with Gasteiger partial charge in [0.1, 0.15) is 5.56 Å². The fraction of sp³-hybridized carbons (Fsp3) is 0.278. The minimum absolute atomic E-state index is 0.184. The molecular formula is C18H19N5O. The summed E-state index contributed by atoms with van der Waals surface area (Å²) in [4.78, 5) is 17.1. The Bertz CT molecular complexity index is 944. The summed E-state index contributed by atoms with van der Waals surface area (Å²) in [6, 6.07) is 8.02. The monoisotopic (exact) mass is 321 g/mol. The molecule has 4 rings (SSSR count). The highest BCUT2D eigenvalue weighted by Crippen LogP contribution is 2.20. The molecule has 6 nitrogen and oxygen atoms in total. The van der Waals surface area contributed by atoms with Crippen LogP contribution in [0.25, 0.3) is 5.65 Å². The fourth-order valence-electron chi connectivity index (χ4n) is 3.18. The maximum absolute atomic E-state index is 12.7. The smallest absolute Gasteiger partial charge is 0.261 e. The van der Waals surface area contributed by atoms with Crippen LogP contribution in [0.1, 0.15) is 32.9 Å². The summed E-state index contributed by atoms with van der Waals surface area (Å²) in [7, 11) is 0. The van der Waals surface area contributed by atoms with E-state index in [9.17, 15) is 4.79 Å². The van der Waals surface area contributed by atoms with E-state index in [1.54, 1.807) is 10.7 Å². The molecule has 0 bridgehead atoms. The molecule has 0 unspecified atom stereocenters. The Labute approximate surface area is 139 Å². The molecule has 6 heteroatoms. The first-order valence-corrected chi connectivity index (χ1v) is 8.08. The second kappa shape index (κ2) is 5.72. The van der Waals surface area contributed by atoms with E-state index >= 15 is 0 Å². The van der Waals surface area contributed by atoms with Crippen molar-refractivity contribution < 1.29 is 4.79 Å². The highest BCUT2D eigenvalue weighted by atomic mass is 16.1. The van der Waals surface area contributed by atoms with Crippen LogP contribution in [0, 0.1) is 13.8 Å². The van der Waals surface area contributed by atoms with Crippen molar-refractivity contribution in [1.82, 2.24) is 19.9 Å². The molecule has 0 saturated carbocycles. The average Bonchev–Trinajstić information content (AvgIpc) is 2.99. The lowest BCUT2D eigenvalue weighted by atomic mass is 10.0. The molecule has 2 N–H and O–H groups in total. The number of amides is 1. The zero-order valence-corrected chi connectivity index (χ0v) is 13.8. The fourth-order valence-corrected chi connectivity index (χ4v) is 3.18. The molecule has 0 atom stereocenters. The lowest BCUT2D eigenvalue weighted by Gasteiger charge is -2.18. The van der Waals surface area contributed by atoms with Gasteiger partial charge in [-0.25, -0.2) is 9.50 Å². The second-order valence-electron chi connectivity index (χ2n) is 6.20. The van der Waals surface area contributed by atoms with Crippen molar-refractivity contribution in [2.75, 3.05) is 11.9 Å². The van der Waals surface area contributed by atoms with E-state index < -0.39 is 0 Å². The first kappa shape index (κ1) is 14.8. The van der Waals surface area contributed by atoms with Gasteiger partial charge in [0.25, 0.3) is 5.91 Å². The van der Waals surface area contributed by atoms with Crippen LogP contribution in [-0.4, -0.2) is 27.0 Å². The van der Waals surface area contributed by atoms with E-state index in [4.69, 9.17) is 0 Å². The van der Waals surface area contributed by atoms with Gasteiger partial charge in [-0.15, -0.1) is 0 Å². The molecule has 0 saturated heterocycles. The van der Waals surface area contributed by atoms with Gasteiger partial charge in [0.2, 0.25) is 0 Å². The van der Waals surface area contributed by atoms with Crippen molar-refractivity contribution in [3.63, 3.8) is 0 Å². The summed E-state index contributed by atoms with van der Waals surface area (Å²) in [6.45, 7) is 5.73. The van der Waals surface area contributed by atoms with Crippen molar-refractivity contribution in [2.45, 2.75) is 26.8 Å². The number of hydrogen-bond donors (Lipinski definition) is 2. The zero-order chi connectivity index (χ0) is 16.7. The third kappa shape index (κ3) is 2.55. The Morgan fingerprint density at radius 3 is 3.00 bits per heavy atom. The van der Waals surface area contributed by atoms with Gasteiger partial charge in [-0.1, -0.05) is 6.07 Å². The van der Waals surface area contributed by atoms with Gasteiger partial charge in [-0.2, -0.15) is 5.10 Å². The molecule has 1 aliphatic heterocycles. The van der Waals surface area contributed by atoms with Gasteiger partial charge in [0, 0.05) is 23.6 Å². The molecule has 0 aliphatic carbocycles. The Kier molecular flexibility index (Phi) is 3.54. The minimum atomic E-state index is -0.184. The third-order valence-corrected chi connectivity index (χ3v) is 4.37. The first-order valence-electron chi connectivity index (χ1n) is 8.08. The molecule has 3 heterocycles. The van der Waals surface area contributed by atoms with Crippen molar-refractivity contribution in [3.05, 3.63) is 58.5 Å². The lowest BCUT2D eigenvalue weighted by Crippen LogP contribution is -2.23. The van der Waals surface area contributed by atoms with Gasteiger partial charge in [0.05, 0.1) is 6.20 Å². The number of carbonyl (C=O) groups excluding carboxylic acids is 1. The summed E-state index contributed by atoms with van der Waals surface area (Å²) >= 11 is 0. The molecule has 0 spiro atoms. The number of carbonyl (C=O) groups is 1. The summed E-state index contributed by atoms with van der Waals surface area (Å²) < 4.78 is 1.69. The lowest BCUT2D eigenvalue weighted by molar-refractivity contribution is 0.102. The van der Waals surface area contributed by atoms with Crippen LogP contribution in [0.15, 0.2) is 30.5 Å². The second-order valence-corrected chi connectivity index (χ2v) is 6.20. The third-order valence-electron chi connectivity index (χ3n) is 4.37. The Hall–Kier alpha value is -2.73. The number of anilines is 1. The number of fused-ring (bicyclic) bond motifs is 2. The maximum atomic E-state index is 12.7. The summed E-state index contributed by atoms with van der Waals surface area (Å²) in [6.07, 6.45) is 2.56. The molecular weight excluding hydrogens is 302 g/mol. The largest absolute Gasteiger partial charge is 0.322 e. The van der Waals surface area contributed by atoms with Crippen LogP contribution in [0.3, 0.4) is 0 Å². The topological polar surface area (TPSA) is 71.3 Å². The first-order chi connectivity index (χ1) is 11.6. The van der Waals surface area contributed by atoms with Crippen molar-refractivity contribution >= 4 is 17.2 Å². The van der Waals surface area contributed by atoms with Crippen LogP contribution < -0.4 is 10.6 Å². The van der Waals surface area contributed by atoms with E-state index in [0.717, 1.165) is 36.6 Å². The molecule has 0 radical (unpaired) electrons. The predicted octanol–water partition coefficient (Wildman–Crippen LogP) is 2.24. The normalized spacial score (nSPS) is 13.8. The molecule has 1 amide bonds. The quantitative estimate of drug-likeness (QED) is 0.759. The number of rotatable bonds is 2. The van der Waals surface area contributed by atoms with Gasteiger partial charge >= 0.3 is 0 Å². The summed E-state index contributed by atoms with van der Waals surface area (Å²) in [5.74, 6) is -0.184. The van der Waals surface area contributed by atoms with E-state index in [0.29, 0.717) is 11.2 Å². The highest BCUT2D eigenvalue weighted by molar-refractivity contribution is 6.08. The number of aromatic nitrogens is 3. The minimum Gasteiger partial charge on any atom is -0.322 e. The van der Waals surface area contributed by atoms with E-state index in [1.807, 2.05) is 26.0 Å². The predicted molar refractivity (Wildman–Crippen MR) is 92.3 cm³/mol. The van der Waals surface area contributed by atoms with Gasteiger partial charge in [0.15, 0.2) is 5.65 Å². The number of benzene rings is 1. The Morgan fingerprint density at radius 1 is 1.25 bits per heavy atom. The van der Waals surface area contributed by atoms with Crippen LogP contribution in [-0.2, 0) is 13.0 Å². The van der Waals surface area contributed by atoms with Crippen LogP contribution in [0.5, 0.6) is 0 Å². The summed E-state index contributed by atoms with van der Waals surface area (Å²) in [5.41, 5.74) is 6.30. The van der Waals surface area contributed by atoms with E-state index in [1.165, 1.54) is 11.1 Å². The van der Waals surface area contributed by atoms with E-state index in [-0.39, 0.29) is 5.91 Å². The van der Waals surface area contributed by atoms with Crippen LogP contribution >= 0.6 is 0 Å². The van der Waals surface area contributed by atoms with Gasteiger partial charge in [-0.3, -0.25) is 4.79 Å². The number of nitrogens with zero attached hydrogens (tertiary/aromatic N) is 3. The van der Waals surface area contributed by atoms with Crippen molar-refractivity contribution in [1.29, 1.82) is 0 Å². The van der Waals surface area contributed by atoms with Gasteiger partial charge in [-0.05, 0) is 56.1 Å². The number of nitrogens with one attached hydrogen (secondary N) is 2. The van der Waals surface area contributed by atoms with Gasteiger partial charge < -0.3 is 10.6 Å². The molecule has 24 heavy (non-hydrogen) atoms. The average molecular weight is 321 g/mol. The molecule has 1 aromatic carbocycles. The van der Waals surface area contributed by atoms with Crippen molar-refractivity contribution in [2.24, 2.45) is 0 Å². The molecule has 2 aromatic heterocycles. The van der Waals surface area contributed by atoms with Crippen LogP contribution in [0.2, 0.25) is 0 Å². The maximum Gasteiger partial charge on any atom is 0.261 e. The van der Waals surface area contributed by atoms with E-state index in [2.05, 4.69) is 32.8 Å². The summed E-state index contributed by atoms with van der Waals surface area (Å²) in [5, 5.41) is 10.6.